The average molecular weight is 310 g/mol. The van der Waals surface area contributed by atoms with Crippen LogP contribution >= 0.6 is 0 Å². The van der Waals surface area contributed by atoms with Crippen LogP contribution < -0.4 is 10.6 Å². The lowest BCUT2D eigenvalue weighted by Gasteiger charge is -2.30. The minimum Gasteiger partial charge on any atom is -0.381 e. The Bertz CT molecular complexity index is 549. The normalized spacial score (nSPS) is 23.0. The molecule has 1 fully saturated rings. The van der Waals surface area contributed by atoms with Crippen molar-refractivity contribution in [3.05, 3.63) is 24.3 Å². The molecule has 5 heteroatoms. The van der Waals surface area contributed by atoms with Gasteiger partial charge in [0, 0.05) is 12.1 Å². The third-order valence-electron chi connectivity index (χ3n) is 4.19. The van der Waals surface area contributed by atoms with Gasteiger partial charge in [0.25, 0.3) is 0 Å². The number of rotatable bonds is 6. The second-order valence-electron chi connectivity index (χ2n) is 5.80. The molecule has 0 atom stereocenters. The number of anilines is 1. The van der Waals surface area contributed by atoms with Gasteiger partial charge >= 0.3 is 0 Å². The molecular weight excluding hydrogens is 284 g/mol. The molecule has 0 radical (unpaired) electrons. The Morgan fingerprint density at radius 3 is 2.33 bits per heavy atom. The summed E-state index contributed by atoms with van der Waals surface area (Å²) in [5, 5.41) is 6.77. The van der Waals surface area contributed by atoms with Gasteiger partial charge in [0.2, 0.25) is 0 Å². The van der Waals surface area contributed by atoms with Crippen LogP contribution in [0.15, 0.2) is 29.2 Å². The van der Waals surface area contributed by atoms with Crippen molar-refractivity contribution in [1.29, 1.82) is 0 Å². The van der Waals surface area contributed by atoms with Crippen molar-refractivity contribution in [2.45, 2.75) is 56.0 Å². The summed E-state index contributed by atoms with van der Waals surface area (Å²) in [6, 6.07) is 8.26. The molecule has 0 aliphatic heterocycles. The smallest absolute Gasteiger partial charge is 0.180 e. The average Bonchev–Trinajstić information content (AvgIpc) is 2.48. The van der Waals surface area contributed by atoms with E-state index in [2.05, 4.69) is 10.6 Å². The van der Waals surface area contributed by atoms with E-state index in [0.29, 0.717) is 23.4 Å². The van der Waals surface area contributed by atoms with E-state index in [0.717, 1.165) is 31.4 Å². The maximum Gasteiger partial charge on any atom is 0.180 e. The first-order chi connectivity index (χ1) is 10.1. The van der Waals surface area contributed by atoms with Crippen molar-refractivity contribution in [1.82, 2.24) is 5.32 Å². The summed E-state index contributed by atoms with van der Waals surface area (Å²) in [4.78, 5) is 0.447. The zero-order valence-electron chi connectivity index (χ0n) is 12.9. The van der Waals surface area contributed by atoms with Gasteiger partial charge in [0.15, 0.2) is 9.84 Å². The predicted molar refractivity (Wildman–Crippen MR) is 87.5 cm³/mol. The molecule has 118 valence electrons. The molecule has 1 saturated carbocycles. The molecule has 2 N–H and O–H groups in total. The van der Waals surface area contributed by atoms with Gasteiger partial charge in [-0.2, -0.15) is 0 Å². The van der Waals surface area contributed by atoms with Gasteiger partial charge in [0.05, 0.1) is 16.3 Å². The number of nitrogens with one attached hydrogen (secondary N) is 2. The highest BCUT2D eigenvalue weighted by molar-refractivity contribution is 7.91. The number of sulfone groups is 1. The molecule has 4 nitrogen and oxygen atoms in total. The Morgan fingerprint density at radius 2 is 1.71 bits per heavy atom. The molecule has 1 aromatic carbocycles. The van der Waals surface area contributed by atoms with Crippen LogP contribution in [0.3, 0.4) is 0 Å². The fraction of sp³-hybridized carbons (Fsp3) is 0.625. The molecule has 2 rings (SSSR count). The SMILES string of the molecule is CCCS(=O)(=O)c1ccccc1NC1CCC(NC)CC1. The highest BCUT2D eigenvalue weighted by Crippen LogP contribution is 2.27. The molecule has 1 aromatic rings. The summed E-state index contributed by atoms with van der Waals surface area (Å²) < 4.78 is 24.7. The molecule has 1 aliphatic carbocycles. The van der Waals surface area contributed by atoms with Gasteiger partial charge in [0.1, 0.15) is 0 Å². The maximum absolute atomic E-state index is 12.3. The van der Waals surface area contributed by atoms with E-state index >= 15 is 0 Å². The lowest BCUT2D eigenvalue weighted by atomic mass is 9.91. The minimum atomic E-state index is -3.18. The van der Waals surface area contributed by atoms with E-state index in [-0.39, 0.29) is 5.75 Å². The third-order valence-corrected chi connectivity index (χ3v) is 6.16. The molecule has 1 aliphatic rings. The van der Waals surface area contributed by atoms with E-state index in [4.69, 9.17) is 0 Å². The van der Waals surface area contributed by atoms with E-state index in [1.807, 2.05) is 26.1 Å². The van der Waals surface area contributed by atoms with Crippen LogP contribution in [0.2, 0.25) is 0 Å². The summed E-state index contributed by atoms with van der Waals surface area (Å²) in [5.41, 5.74) is 0.763. The number of hydrogen-bond acceptors (Lipinski definition) is 4. The zero-order valence-corrected chi connectivity index (χ0v) is 13.7. The Labute approximate surface area is 128 Å². The van der Waals surface area contributed by atoms with Crippen molar-refractivity contribution in [3.8, 4) is 0 Å². The number of benzene rings is 1. The summed E-state index contributed by atoms with van der Waals surface area (Å²) in [6.45, 7) is 1.90. The van der Waals surface area contributed by atoms with Crippen LogP contribution in [0.25, 0.3) is 0 Å². The lowest BCUT2D eigenvalue weighted by molar-refractivity contribution is 0.371. The molecule has 0 aromatic heterocycles. The fourth-order valence-electron chi connectivity index (χ4n) is 2.98. The highest BCUT2D eigenvalue weighted by atomic mass is 32.2. The lowest BCUT2D eigenvalue weighted by Crippen LogP contribution is -2.35. The Hall–Kier alpha value is -1.07. The van der Waals surface area contributed by atoms with Crippen LogP contribution in [0.1, 0.15) is 39.0 Å². The van der Waals surface area contributed by atoms with E-state index in [1.165, 1.54) is 0 Å². The molecule has 0 unspecified atom stereocenters. The molecule has 0 amide bonds. The van der Waals surface area contributed by atoms with Gasteiger partial charge in [-0.15, -0.1) is 0 Å². The number of hydrogen-bond donors (Lipinski definition) is 2. The Balaban J connectivity index is 2.11. The second kappa shape index (κ2) is 7.27. The maximum atomic E-state index is 12.3. The quantitative estimate of drug-likeness (QED) is 0.848. The van der Waals surface area contributed by atoms with Crippen LogP contribution in [0.4, 0.5) is 5.69 Å². The van der Waals surface area contributed by atoms with Gasteiger partial charge in [-0.3, -0.25) is 0 Å². The van der Waals surface area contributed by atoms with Gasteiger partial charge in [-0.1, -0.05) is 19.1 Å². The molecular formula is C16H26N2O2S. The molecule has 0 spiro atoms. The minimum absolute atomic E-state index is 0.207. The van der Waals surface area contributed by atoms with E-state index < -0.39 is 9.84 Å². The summed E-state index contributed by atoms with van der Waals surface area (Å²) in [7, 11) is -1.18. The Morgan fingerprint density at radius 1 is 1.10 bits per heavy atom. The summed E-state index contributed by atoms with van der Waals surface area (Å²) >= 11 is 0. The Kier molecular flexibility index (Phi) is 5.65. The fourth-order valence-corrected chi connectivity index (χ4v) is 4.49. The van der Waals surface area contributed by atoms with Crippen molar-refractivity contribution in [3.63, 3.8) is 0 Å². The highest BCUT2D eigenvalue weighted by Gasteiger charge is 2.23. The standard InChI is InChI=1S/C16H26N2O2S/c1-3-12-21(19,20)16-7-5-4-6-15(16)18-14-10-8-13(17-2)9-11-14/h4-7,13-14,17-18H,3,8-12H2,1-2H3. The van der Waals surface area contributed by atoms with Crippen molar-refractivity contribution >= 4 is 15.5 Å². The van der Waals surface area contributed by atoms with Crippen LogP contribution in [-0.4, -0.2) is 33.3 Å². The van der Waals surface area contributed by atoms with Crippen molar-refractivity contribution in [2.75, 3.05) is 18.1 Å². The topological polar surface area (TPSA) is 58.2 Å². The third kappa shape index (κ3) is 4.20. The van der Waals surface area contributed by atoms with Crippen LogP contribution in [0, 0.1) is 0 Å². The largest absolute Gasteiger partial charge is 0.381 e. The summed E-state index contributed by atoms with van der Waals surface area (Å²) in [6.07, 6.45) is 5.07. The molecule has 0 saturated heterocycles. The monoisotopic (exact) mass is 310 g/mol. The van der Waals surface area contributed by atoms with E-state index in [9.17, 15) is 8.42 Å². The van der Waals surface area contributed by atoms with Gasteiger partial charge in [-0.25, -0.2) is 8.42 Å². The number of para-hydroxylation sites is 1. The zero-order chi connectivity index (χ0) is 15.3. The molecule has 0 heterocycles. The van der Waals surface area contributed by atoms with Crippen LogP contribution in [-0.2, 0) is 9.84 Å². The van der Waals surface area contributed by atoms with E-state index in [1.54, 1.807) is 12.1 Å². The van der Waals surface area contributed by atoms with Gasteiger partial charge < -0.3 is 10.6 Å². The van der Waals surface area contributed by atoms with Crippen molar-refractivity contribution in [2.24, 2.45) is 0 Å². The predicted octanol–water partition coefficient (Wildman–Crippen LogP) is 2.81. The van der Waals surface area contributed by atoms with Crippen LogP contribution in [0.5, 0.6) is 0 Å². The van der Waals surface area contributed by atoms with Crippen molar-refractivity contribution < 1.29 is 8.42 Å². The molecule has 0 bridgehead atoms. The second-order valence-corrected chi connectivity index (χ2v) is 7.87. The first-order valence-electron chi connectivity index (χ1n) is 7.82. The first kappa shape index (κ1) is 16.3. The first-order valence-corrected chi connectivity index (χ1v) is 9.47. The van der Waals surface area contributed by atoms with Gasteiger partial charge in [-0.05, 0) is 51.3 Å². The molecule has 21 heavy (non-hydrogen) atoms. The summed E-state index contributed by atoms with van der Waals surface area (Å²) in [5.74, 6) is 0.207.